The van der Waals surface area contributed by atoms with Crippen molar-refractivity contribution in [2.24, 2.45) is 5.92 Å². The molecular formula is C32H33Cl2F2N3O8S2. The van der Waals surface area contributed by atoms with Gasteiger partial charge < -0.3 is 23.8 Å². The molecule has 1 aliphatic carbocycles. The second-order valence-corrected chi connectivity index (χ2v) is 15.3. The Morgan fingerprint density at radius 3 is 2.39 bits per heavy atom. The van der Waals surface area contributed by atoms with Crippen molar-refractivity contribution in [3.05, 3.63) is 75.5 Å². The Morgan fingerprint density at radius 1 is 1.06 bits per heavy atom. The Kier molecular flexibility index (Phi) is 11.8. The minimum absolute atomic E-state index is 0.0126. The van der Waals surface area contributed by atoms with Crippen LogP contribution in [0.25, 0.3) is 0 Å². The van der Waals surface area contributed by atoms with Crippen molar-refractivity contribution in [2.75, 3.05) is 40.1 Å². The molecule has 2 aliphatic rings. The van der Waals surface area contributed by atoms with E-state index in [0.717, 1.165) is 28.9 Å². The highest BCUT2D eigenvalue weighted by molar-refractivity contribution is 8.02. The van der Waals surface area contributed by atoms with E-state index in [1.165, 1.54) is 74.9 Å². The summed E-state index contributed by atoms with van der Waals surface area (Å²) in [5.41, 5.74) is 0.762. The SMILES string of the molecule is COc1ccc(S(=O)(=O)N2CCS[C@H]2C(=O)OC(Cc2c(Cl)cncc2Cl)c2ccc(OC(F)F)c(OCC3CC3)c2)cc1C(=O)N(C)C. The molecule has 1 amide bonds. The average molecular weight is 761 g/mol. The lowest BCUT2D eigenvalue weighted by Gasteiger charge is -2.26. The molecule has 1 unspecified atom stereocenters. The van der Waals surface area contributed by atoms with Crippen molar-refractivity contribution >= 4 is 56.9 Å². The molecule has 1 aliphatic heterocycles. The molecule has 2 heterocycles. The van der Waals surface area contributed by atoms with Crippen molar-refractivity contribution in [1.29, 1.82) is 0 Å². The molecule has 11 nitrogen and oxygen atoms in total. The van der Waals surface area contributed by atoms with Crippen LogP contribution in [0.15, 0.2) is 53.7 Å². The quantitative estimate of drug-likeness (QED) is 0.179. The molecule has 0 spiro atoms. The molecule has 1 saturated heterocycles. The number of hydrogen-bond donors (Lipinski definition) is 0. The lowest BCUT2D eigenvalue weighted by Crippen LogP contribution is -2.40. The van der Waals surface area contributed by atoms with E-state index in [9.17, 15) is 26.8 Å². The first kappa shape index (κ1) is 36.9. The van der Waals surface area contributed by atoms with Crippen molar-refractivity contribution in [1.82, 2.24) is 14.2 Å². The molecule has 49 heavy (non-hydrogen) atoms. The van der Waals surface area contributed by atoms with E-state index in [2.05, 4.69) is 9.72 Å². The number of amides is 1. The fourth-order valence-corrected chi connectivity index (χ4v) is 8.64. The molecule has 0 bridgehead atoms. The van der Waals surface area contributed by atoms with Crippen LogP contribution in [0.3, 0.4) is 0 Å². The number of nitrogens with zero attached hydrogens (tertiary/aromatic N) is 3. The van der Waals surface area contributed by atoms with Gasteiger partial charge in [0.1, 0.15) is 11.9 Å². The number of halogens is 4. The van der Waals surface area contributed by atoms with Gasteiger partial charge in [0.15, 0.2) is 16.9 Å². The van der Waals surface area contributed by atoms with E-state index in [-0.39, 0.29) is 63.1 Å². The van der Waals surface area contributed by atoms with E-state index in [1.54, 1.807) is 0 Å². The Morgan fingerprint density at radius 2 is 1.76 bits per heavy atom. The zero-order chi connectivity index (χ0) is 35.5. The Labute approximate surface area is 296 Å². The van der Waals surface area contributed by atoms with Crippen molar-refractivity contribution in [2.45, 2.75) is 42.2 Å². The summed E-state index contributed by atoms with van der Waals surface area (Å²) in [5, 5.41) is -0.908. The van der Waals surface area contributed by atoms with E-state index in [4.69, 9.17) is 37.4 Å². The number of sulfonamides is 1. The van der Waals surface area contributed by atoms with Crippen LogP contribution in [0.2, 0.25) is 10.0 Å². The number of rotatable bonds is 14. The van der Waals surface area contributed by atoms with E-state index in [0.29, 0.717) is 17.0 Å². The maximum atomic E-state index is 13.9. The van der Waals surface area contributed by atoms with Gasteiger partial charge in [-0.15, -0.1) is 11.8 Å². The molecular weight excluding hydrogens is 727 g/mol. The molecule has 264 valence electrons. The third kappa shape index (κ3) is 8.69. The van der Waals surface area contributed by atoms with Crippen LogP contribution in [-0.2, 0) is 26.0 Å². The van der Waals surface area contributed by atoms with E-state index >= 15 is 0 Å². The summed E-state index contributed by atoms with van der Waals surface area (Å²) < 4.78 is 77.1. The largest absolute Gasteiger partial charge is 0.496 e. The minimum Gasteiger partial charge on any atom is -0.496 e. The number of hydrogen-bond acceptors (Lipinski definition) is 10. The summed E-state index contributed by atoms with van der Waals surface area (Å²) in [6, 6.07) is 8.07. The van der Waals surface area contributed by atoms with Crippen molar-refractivity contribution in [3.8, 4) is 17.2 Å². The van der Waals surface area contributed by atoms with Crippen molar-refractivity contribution in [3.63, 3.8) is 0 Å². The van der Waals surface area contributed by atoms with Gasteiger partial charge >= 0.3 is 12.6 Å². The van der Waals surface area contributed by atoms with Crippen molar-refractivity contribution < 1.29 is 45.7 Å². The topological polar surface area (TPSA) is 125 Å². The second-order valence-electron chi connectivity index (χ2n) is 11.5. The maximum Gasteiger partial charge on any atom is 0.387 e. The number of thioether (sulfide) groups is 1. The van der Waals surface area contributed by atoms with Crippen LogP contribution in [0, 0.1) is 5.92 Å². The average Bonchev–Trinajstić information content (AvgIpc) is 3.76. The number of ether oxygens (including phenoxy) is 4. The molecule has 5 rings (SSSR count). The monoisotopic (exact) mass is 759 g/mol. The van der Waals surface area contributed by atoms with Gasteiger partial charge in [0.05, 0.1) is 34.2 Å². The molecule has 0 N–H and O–H groups in total. The third-order valence-electron chi connectivity index (χ3n) is 7.79. The number of pyridine rings is 1. The number of carbonyl (C=O) groups is 2. The smallest absolute Gasteiger partial charge is 0.387 e. The lowest BCUT2D eigenvalue weighted by atomic mass is 10.0. The van der Waals surface area contributed by atoms with Gasteiger partial charge in [-0.3, -0.25) is 9.78 Å². The van der Waals surface area contributed by atoms with E-state index < -0.39 is 40.0 Å². The maximum absolute atomic E-state index is 13.9. The highest BCUT2D eigenvalue weighted by Gasteiger charge is 2.42. The predicted molar refractivity (Wildman–Crippen MR) is 179 cm³/mol. The first-order chi connectivity index (χ1) is 23.3. The molecule has 0 radical (unpaired) electrons. The summed E-state index contributed by atoms with van der Waals surface area (Å²) >= 11 is 13.9. The fraction of sp³-hybridized carbons (Fsp3) is 0.406. The van der Waals surface area contributed by atoms with Gasteiger partial charge in [0.25, 0.3) is 5.91 Å². The number of aromatic nitrogens is 1. The lowest BCUT2D eigenvalue weighted by molar-refractivity contribution is -0.150. The van der Waals surface area contributed by atoms with Crippen LogP contribution in [0.4, 0.5) is 8.78 Å². The van der Waals surface area contributed by atoms with Gasteiger partial charge in [-0.1, -0.05) is 29.3 Å². The zero-order valence-electron chi connectivity index (χ0n) is 26.6. The molecule has 3 aromatic rings. The van der Waals surface area contributed by atoms with Crippen LogP contribution >= 0.6 is 35.0 Å². The summed E-state index contributed by atoms with van der Waals surface area (Å²) in [6.45, 7) is -2.83. The molecule has 17 heteroatoms. The normalized spacial score (nSPS) is 17.1. The first-order valence-corrected chi connectivity index (χ1v) is 18.3. The second kappa shape index (κ2) is 15.7. The number of carbonyl (C=O) groups excluding carboxylic acids is 2. The van der Waals surface area contributed by atoms with E-state index in [1.807, 2.05) is 0 Å². The standard InChI is InChI=1S/C32H33Cl2F2N3O8S2/c1-38(2)29(40)22-13-20(7-9-25(22)44-3)49(42,43)39-10-11-48-30(39)31(41)46-27(14-21-23(33)15-37-16-24(21)34)19-6-8-26(47-32(35)36)28(12-19)45-17-18-4-5-18/h6-9,12-13,15-16,18,27,30,32H,4-5,10-11,14,17H2,1-3H3/t27?,30-/m0/s1. The van der Waals surface area contributed by atoms with Gasteiger partial charge in [0.2, 0.25) is 10.0 Å². The zero-order valence-corrected chi connectivity index (χ0v) is 29.8. The van der Waals surface area contributed by atoms with Crippen LogP contribution < -0.4 is 14.2 Å². The summed E-state index contributed by atoms with van der Waals surface area (Å²) in [7, 11) is 0.0944. The van der Waals surface area contributed by atoms with Crippen LogP contribution in [0.1, 0.15) is 40.4 Å². The highest BCUT2D eigenvalue weighted by atomic mass is 35.5. The summed E-state index contributed by atoms with van der Waals surface area (Å²) in [5.74, 6) is -0.762. The Bertz CT molecular complexity index is 1790. The number of methoxy groups -OCH3 is 1. The van der Waals surface area contributed by atoms with Gasteiger partial charge in [0, 0.05) is 45.2 Å². The molecule has 1 saturated carbocycles. The highest BCUT2D eigenvalue weighted by Crippen LogP contribution is 2.39. The summed E-state index contributed by atoms with van der Waals surface area (Å²) in [4.78, 5) is 31.7. The third-order valence-corrected chi connectivity index (χ3v) is 11.6. The molecule has 1 aromatic heterocycles. The molecule has 2 aromatic carbocycles. The fourth-order valence-electron chi connectivity index (χ4n) is 5.05. The predicted octanol–water partition coefficient (Wildman–Crippen LogP) is 6.08. The minimum atomic E-state index is -4.32. The number of esters is 1. The number of alkyl halides is 2. The molecule has 2 fully saturated rings. The number of benzene rings is 2. The summed E-state index contributed by atoms with van der Waals surface area (Å²) in [6.07, 6.45) is 3.46. The van der Waals surface area contributed by atoms with Gasteiger partial charge in [-0.25, -0.2) is 13.2 Å². The van der Waals surface area contributed by atoms with Crippen LogP contribution in [0.5, 0.6) is 17.2 Å². The van der Waals surface area contributed by atoms with Gasteiger partial charge in [-0.05, 0) is 60.2 Å². The Balaban J connectivity index is 1.47. The first-order valence-electron chi connectivity index (χ1n) is 15.0. The van der Waals surface area contributed by atoms with Crippen LogP contribution in [-0.4, -0.2) is 86.6 Å². The molecule has 2 atom stereocenters. The van der Waals surface area contributed by atoms with Gasteiger partial charge in [-0.2, -0.15) is 13.1 Å². The Hall–Kier alpha value is -3.37.